The van der Waals surface area contributed by atoms with Crippen LogP contribution < -0.4 is 0 Å². The molecule has 3 N–H and O–H groups in total. The lowest BCUT2D eigenvalue weighted by molar-refractivity contribution is 0.102. The van der Waals surface area contributed by atoms with Crippen LogP contribution in [-0.2, 0) is 0 Å². The Morgan fingerprint density at radius 1 is 1.17 bits per heavy atom. The van der Waals surface area contributed by atoms with E-state index in [9.17, 15) is 10.2 Å². The van der Waals surface area contributed by atoms with Crippen molar-refractivity contribution in [1.29, 1.82) is 0 Å². The first kappa shape index (κ1) is 12.5. The van der Waals surface area contributed by atoms with E-state index in [1.807, 2.05) is 30.3 Å². The molecular formula is C14H15NO3. The number of phenolic OH excluding ortho intramolecular Hbond substituents is 1. The van der Waals surface area contributed by atoms with Crippen LogP contribution >= 0.6 is 0 Å². The van der Waals surface area contributed by atoms with Crippen LogP contribution in [0.3, 0.4) is 0 Å². The summed E-state index contributed by atoms with van der Waals surface area (Å²) in [5, 5.41) is 29.6. The Kier molecular flexibility index (Phi) is 3.92. The van der Waals surface area contributed by atoms with Crippen LogP contribution in [0.2, 0.25) is 0 Å². The molecule has 1 unspecified atom stereocenters. The Morgan fingerprint density at radius 2 is 1.94 bits per heavy atom. The Hall–Kier alpha value is -1.91. The summed E-state index contributed by atoms with van der Waals surface area (Å²) >= 11 is 0. The highest BCUT2D eigenvalue weighted by atomic mass is 16.3. The summed E-state index contributed by atoms with van der Waals surface area (Å²) in [6.45, 7) is -0.210. The van der Waals surface area contributed by atoms with Crippen molar-refractivity contribution in [2.45, 2.75) is 6.10 Å². The molecule has 0 aliphatic rings. The van der Waals surface area contributed by atoms with Crippen molar-refractivity contribution in [3.05, 3.63) is 42.0 Å². The topological polar surface area (TPSA) is 73.0 Å². The first-order valence-corrected chi connectivity index (χ1v) is 5.72. The van der Waals surface area contributed by atoms with Crippen LogP contribution in [0.1, 0.15) is 5.56 Å². The first-order valence-electron chi connectivity index (χ1n) is 5.72. The third-order valence-electron chi connectivity index (χ3n) is 2.69. The van der Waals surface area contributed by atoms with Gasteiger partial charge in [-0.2, -0.15) is 0 Å². The predicted molar refractivity (Wildman–Crippen MR) is 71.2 cm³/mol. The van der Waals surface area contributed by atoms with Gasteiger partial charge in [0, 0.05) is 11.8 Å². The summed E-state index contributed by atoms with van der Waals surface area (Å²) in [4.78, 5) is 4.03. The molecule has 0 bridgehead atoms. The van der Waals surface area contributed by atoms with E-state index in [1.165, 1.54) is 6.21 Å². The van der Waals surface area contributed by atoms with E-state index >= 15 is 0 Å². The van der Waals surface area contributed by atoms with Crippen molar-refractivity contribution in [3.8, 4) is 5.75 Å². The lowest BCUT2D eigenvalue weighted by Crippen LogP contribution is -2.15. The monoisotopic (exact) mass is 245 g/mol. The van der Waals surface area contributed by atoms with Gasteiger partial charge in [0.25, 0.3) is 0 Å². The highest BCUT2D eigenvalue weighted by Crippen LogP contribution is 2.25. The fourth-order valence-electron chi connectivity index (χ4n) is 1.74. The highest BCUT2D eigenvalue weighted by molar-refractivity contribution is 6.02. The van der Waals surface area contributed by atoms with Crippen LogP contribution in [0.25, 0.3) is 10.8 Å². The second-order valence-electron chi connectivity index (χ2n) is 4.05. The molecule has 2 rings (SSSR count). The molecule has 1 atom stereocenters. The number of benzene rings is 2. The van der Waals surface area contributed by atoms with Crippen molar-refractivity contribution in [3.63, 3.8) is 0 Å². The van der Waals surface area contributed by atoms with E-state index in [4.69, 9.17) is 5.11 Å². The van der Waals surface area contributed by atoms with Gasteiger partial charge in [0.15, 0.2) is 0 Å². The minimum absolute atomic E-state index is 0.110. The fraction of sp³-hybridized carbons (Fsp3) is 0.214. The first-order chi connectivity index (χ1) is 8.72. The number of hydrogen-bond donors (Lipinski definition) is 3. The van der Waals surface area contributed by atoms with Gasteiger partial charge in [0.2, 0.25) is 0 Å². The fourth-order valence-corrected chi connectivity index (χ4v) is 1.74. The molecular weight excluding hydrogens is 230 g/mol. The Bertz CT molecular complexity index is 566. The maximum atomic E-state index is 9.83. The number of aliphatic hydroxyl groups excluding tert-OH is 2. The Morgan fingerprint density at radius 3 is 2.72 bits per heavy atom. The molecule has 0 aliphatic heterocycles. The molecule has 0 spiro atoms. The van der Waals surface area contributed by atoms with Gasteiger partial charge in [-0.25, -0.2) is 0 Å². The summed E-state index contributed by atoms with van der Waals surface area (Å²) in [5.41, 5.74) is 0.623. The van der Waals surface area contributed by atoms with Crippen molar-refractivity contribution in [1.82, 2.24) is 0 Å². The minimum atomic E-state index is -0.863. The minimum Gasteiger partial charge on any atom is -0.507 e. The summed E-state index contributed by atoms with van der Waals surface area (Å²) in [6, 6.07) is 11.1. The van der Waals surface area contributed by atoms with E-state index in [0.29, 0.717) is 5.56 Å². The quantitative estimate of drug-likeness (QED) is 0.711. The standard InChI is InChI=1S/C14H15NO3/c16-9-11(17)7-15-8-13-12-4-2-1-3-10(12)5-6-14(13)18/h1-6,8,11,16-18H,7,9H2. The van der Waals surface area contributed by atoms with Gasteiger partial charge >= 0.3 is 0 Å². The molecule has 2 aromatic carbocycles. The molecule has 0 amide bonds. The number of aromatic hydroxyl groups is 1. The second-order valence-corrected chi connectivity index (χ2v) is 4.05. The average Bonchev–Trinajstić information content (AvgIpc) is 2.41. The van der Waals surface area contributed by atoms with E-state index < -0.39 is 6.10 Å². The molecule has 4 nitrogen and oxygen atoms in total. The van der Waals surface area contributed by atoms with Crippen molar-refractivity contribution in [2.75, 3.05) is 13.2 Å². The second kappa shape index (κ2) is 5.62. The average molecular weight is 245 g/mol. The molecule has 0 heterocycles. The third-order valence-corrected chi connectivity index (χ3v) is 2.69. The number of aliphatic hydroxyl groups is 2. The summed E-state index contributed by atoms with van der Waals surface area (Å²) in [7, 11) is 0. The molecule has 0 radical (unpaired) electrons. The zero-order valence-corrected chi connectivity index (χ0v) is 9.82. The van der Waals surface area contributed by atoms with Gasteiger partial charge in [-0.05, 0) is 16.8 Å². The van der Waals surface area contributed by atoms with Crippen molar-refractivity contribution >= 4 is 17.0 Å². The lowest BCUT2D eigenvalue weighted by atomic mass is 10.0. The van der Waals surface area contributed by atoms with Gasteiger partial charge in [-0.1, -0.05) is 30.3 Å². The number of phenols is 1. The maximum Gasteiger partial charge on any atom is 0.124 e. The Balaban J connectivity index is 2.34. The van der Waals surface area contributed by atoms with Gasteiger partial charge in [-0.15, -0.1) is 0 Å². The van der Waals surface area contributed by atoms with E-state index in [0.717, 1.165) is 10.8 Å². The predicted octanol–water partition coefficient (Wildman–Crippen LogP) is 1.32. The molecule has 18 heavy (non-hydrogen) atoms. The zero-order chi connectivity index (χ0) is 13.0. The summed E-state index contributed by atoms with van der Waals surface area (Å²) in [5.74, 6) is 0.149. The van der Waals surface area contributed by atoms with Crippen LogP contribution in [0.4, 0.5) is 0 Å². The lowest BCUT2D eigenvalue weighted by Gasteiger charge is -2.05. The SMILES string of the molecule is OCC(O)CN=Cc1c(O)ccc2ccccc12. The molecule has 94 valence electrons. The smallest absolute Gasteiger partial charge is 0.124 e. The molecule has 2 aromatic rings. The molecule has 4 heteroatoms. The summed E-state index contributed by atoms with van der Waals surface area (Å²) in [6.07, 6.45) is 0.662. The summed E-state index contributed by atoms with van der Waals surface area (Å²) < 4.78 is 0. The Labute approximate surface area is 105 Å². The largest absolute Gasteiger partial charge is 0.507 e. The molecule has 0 saturated carbocycles. The van der Waals surface area contributed by atoms with Gasteiger partial charge < -0.3 is 15.3 Å². The van der Waals surface area contributed by atoms with Gasteiger partial charge in [0.1, 0.15) is 5.75 Å². The highest BCUT2D eigenvalue weighted by Gasteiger charge is 2.04. The molecule has 0 saturated heterocycles. The molecule has 0 aliphatic carbocycles. The molecule has 0 aromatic heterocycles. The number of fused-ring (bicyclic) bond motifs is 1. The number of rotatable bonds is 4. The molecule has 0 fully saturated rings. The van der Waals surface area contributed by atoms with Crippen LogP contribution in [0.5, 0.6) is 5.75 Å². The van der Waals surface area contributed by atoms with Crippen LogP contribution in [-0.4, -0.2) is 40.8 Å². The van der Waals surface area contributed by atoms with Crippen LogP contribution in [0.15, 0.2) is 41.4 Å². The maximum absolute atomic E-state index is 9.83. The van der Waals surface area contributed by atoms with Gasteiger partial charge in [-0.3, -0.25) is 4.99 Å². The van der Waals surface area contributed by atoms with E-state index in [2.05, 4.69) is 4.99 Å². The third kappa shape index (κ3) is 2.67. The van der Waals surface area contributed by atoms with E-state index in [1.54, 1.807) is 6.07 Å². The number of hydrogen-bond acceptors (Lipinski definition) is 4. The number of aliphatic imine (C=N–C) groups is 1. The van der Waals surface area contributed by atoms with Crippen molar-refractivity contribution < 1.29 is 15.3 Å². The van der Waals surface area contributed by atoms with E-state index in [-0.39, 0.29) is 18.9 Å². The van der Waals surface area contributed by atoms with Crippen molar-refractivity contribution in [2.24, 2.45) is 4.99 Å². The zero-order valence-electron chi connectivity index (χ0n) is 9.82. The normalized spacial score (nSPS) is 13.2. The van der Waals surface area contributed by atoms with Crippen LogP contribution in [0, 0.1) is 0 Å². The van der Waals surface area contributed by atoms with Gasteiger partial charge in [0.05, 0.1) is 19.3 Å². The number of nitrogens with zero attached hydrogens (tertiary/aromatic N) is 1.